The zero-order valence-electron chi connectivity index (χ0n) is 12.6. The number of nitrogens with zero attached hydrogens (tertiary/aromatic N) is 2. The molecule has 2 N–H and O–H groups in total. The number of thioether (sulfide) groups is 1. The van der Waals surface area contributed by atoms with Gasteiger partial charge in [0.2, 0.25) is 5.91 Å². The molecule has 3 rings (SSSR count). The van der Waals surface area contributed by atoms with Gasteiger partial charge < -0.3 is 10.3 Å². The summed E-state index contributed by atoms with van der Waals surface area (Å²) in [7, 11) is 0. The summed E-state index contributed by atoms with van der Waals surface area (Å²) in [5, 5.41) is 0.111. The molecular weight excluding hydrogens is 313 g/mol. The third kappa shape index (κ3) is 3.07. The van der Waals surface area contributed by atoms with E-state index in [-0.39, 0.29) is 5.82 Å². The van der Waals surface area contributed by atoms with Gasteiger partial charge in [0, 0.05) is 6.54 Å². The molecule has 0 spiro atoms. The molecule has 6 heteroatoms. The summed E-state index contributed by atoms with van der Waals surface area (Å²) in [6, 6.07) is 13.6. The number of halogens is 1. The van der Waals surface area contributed by atoms with Gasteiger partial charge in [0.05, 0.1) is 11.0 Å². The molecule has 1 heterocycles. The number of hydrogen-bond donors (Lipinski definition) is 1. The second-order valence-corrected chi connectivity index (χ2v) is 6.15. The molecule has 118 valence electrons. The molecule has 3 aromatic rings. The number of imidazole rings is 1. The first-order valence-electron chi connectivity index (χ1n) is 7.27. The van der Waals surface area contributed by atoms with Crippen molar-refractivity contribution in [3.63, 3.8) is 0 Å². The Morgan fingerprint density at radius 2 is 1.96 bits per heavy atom. The predicted octanol–water partition coefficient (Wildman–Crippen LogP) is 3.51. The number of hydrogen-bond acceptors (Lipinski definition) is 3. The SMILES string of the molecule is CCn1c(S[C@H](C(N)=O)c2ccc(F)cc2)nc2ccccc21. The Morgan fingerprint density at radius 1 is 1.26 bits per heavy atom. The lowest BCUT2D eigenvalue weighted by Gasteiger charge is -2.14. The van der Waals surface area contributed by atoms with Crippen molar-refractivity contribution >= 4 is 28.7 Å². The van der Waals surface area contributed by atoms with Crippen molar-refractivity contribution in [3.8, 4) is 0 Å². The number of carbonyl (C=O) groups is 1. The highest BCUT2D eigenvalue weighted by Gasteiger charge is 2.23. The molecule has 0 aliphatic carbocycles. The van der Waals surface area contributed by atoms with Crippen molar-refractivity contribution in [3.05, 3.63) is 59.9 Å². The van der Waals surface area contributed by atoms with E-state index in [2.05, 4.69) is 4.98 Å². The number of nitrogens with two attached hydrogens (primary N) is 1. The van der Waals surface area contributed by atoms with Crippen molar-refractivity contribution in [1.29, 1.82) is 0 Å². The predicted molar refractivity (Wildman–Crippen MR) is 89.6 cm³/mol. The fourth-order valence-electron chi connectivity index (χ4n) is 2.48. The summed E-state index contributed by atoms with van der Waals surface area (Å²) in [6.45, 7) is 2.76. The third-order valence-electron chi connectivity index (χ3n) is 3.59. The van der Waals surface area contributed by atoms with Gasteiger partial charge in [-0.1, -0.05) is 36.0 Å². The standard InChI is InChI=1S/C17H16FN3OS/c1-2-21-14-6-4-3-5-13(14)20-17(21)23-15(16(19)22)11-7-9-12(18)10-8-11/h3-10,15H,2H2,1H3,(H2,19,22)/t15-/m0/s1. The number of rotatable bonds is 5. The highest BCUT2D eigenvalue weighted by molar-refractivity contribution is 8.00. The first kappa shape index (κ1) is 15.6. The van der Waals surface area contributed by atoms with Gasteiger partial charge >= 0.3 is 0 Å². The van der Waals surface area contributed by atoms with Gasteiger partial charge in [0.1, 0.15) is 11.1 Å². The Bertz CT molecular complexity index is 845. The summed E-state index contributed by atoms with van der Waals surface area (Å²) < 4.78 is 15.1. The second-order valence-electron chi connectivity index (χ2n) is 5.08. The average Bonchev–Trinajstić information content (AvgIpc) is 2.90. The minimum Gasteiger partial charge on any atom is -0.368 e. The monoisotopic (exact) mass is 329 g/mol. The van der Waals surface area contributed by atoms with Gasteiger partial charge in [-0.05, 0) is 36.8 Å². The van der Waals surface area contributed by atoms with Crippen LogP contribution in [0.5, 0.6) is 0 Å². The Kier molecular flexibility index (Phi) is 4.34. The number of amides is 1. The summed E-state index contributed by atoms with van der Waals surface area (Å²) in [4.78, 5) is 16.5. The summed E-state index contributed by atoms with van der Waals surface area (Å²) in [5.74, 6) is -0.820. The first-order chi connectivity index (χ1) is 11.1. The van der Waals surface area contributed by atoms with Crippen LogP contribution in [-0.4, -0.2) is 15.5 Å². The van der Waals surface area contributed by atoms with Gasteiger partial charge in [-0.15, -0.1) is 0 Å². The molecule has 23 heavy (non-hydrogen) atoms. The van der Waals surface area contributed by atoms with Crippen molar-refractivity contribution in [2.24, 2.45) is 5.73 Å². The molecule has 0 bridgehead atoms. The summed E-state index contributed by atoms with van der Waals surface area (Å²) in [6.07, 6.45) is 0. The Hall–Kier alpha value is -2.34. The number of para-hydroxylation sites is 2. The molecule has 1 atom stereocenters. The summed E-state index contributed by atoms with van der Waals surface area (Å²) in [5.41, 5.74) is 8.10. The highest BCUT2D eigenvalue weighted by atomic mass is 32.2. The molecule has 1 aromatic heterocycles. The molecule has 0 aliphatic heterocycles. The molecule has 0 unspecified atom stereocenters. The zero-order valence-corrected chi connectivity index (χ0v) is 13.4. The minimum absolute atomic E-state index is 0.345. The van der Waals surface area contributed by atoms with Gasteiger partial charge in [-0.25, -0.2) is 9.37 Å². The number of carbonyl (C=O) groups excluding carboxylic acids is 1. The highest BCUT2D eigenvalue weighted by Crippen LogP contribution is 2.36. The maximum Gasteiger partial charge on any atom is 0.235 e. The van der Waals surface area contributed by atoms with E-state index in [1.165, 1.54) is 23.9 Å². The lowest BCUT2D eigenvalue weighted by Crippen LogP contribution is -2.19. The van der Waals surface area contributed by atoms with E-state index in [9.17, 15) is 9.18 Å². The number of aryl methyl sites for hydroxylation is 1. The van der Waals surface area contributed by atoms with E-state index in [0.717, 1.165) is 22.7 Å². The Labute approximate surface area is 137 Å². The van der Waals surface area contributed by atoms with E-state index >= 15 is 0 Å². The molecular formula is C17H16FN3OS. The average molecular weight is 329 g/mol. The van der Waals surface area contributed by atoms with Crippen LogP contribution in [0, 0.1) is 5.82 Å². The van der Waals surface area contributed by atoms with Crippen molar-refractivity contribution < 1.29 is 9.18 Å². The van der Waals surface area contributed by atoms with Gasteiger partial charge in [0.15, 0.2) is 5.16 Å². The Morgan fingerprint density at radius 3 is 2.61 bits per heavy atom. The van der Waals surface area contributed by atoms with Crippen LogP contribution in [0.15, 0.2) is 53.7 Å². The van der Waals surface area contributed by atoms with E-state index in [0.29, 0.717) is 5.56 Å². The fourth-order valence-corrected chi connectivity index (χ4v) is 3.61. The van der Waals surface area contributed by atoms with Crippen LogP contribution in [0.2, 0.25) is 0 Å². The van der Waals surface area contributed by atoms with Crippen LogP contribution in [-0.2, 0) is 11.3 Å². The quantitative estimate of drug-likeness (QED) is 0.729. The van der Waals surface area contributed by atoms with Gasteiger partial charge in [-0.3, -0.25) is 4.79 Å². The van der Waals surface area contributed by atoms with Gasteiger partial charge in [0.25, 0.3) is 0 Å². The lowest BCUT2D eigenvalue weighted by atomic mass is 10.1. The zero-order chi connectivity index (χ0) is 16.4. The van der Waals surface area contributed by atoms with E-state index in [4.69, 9.17) is 5.73 Å². The molecule has 4 nitrogen and oxygen atoms in total. The molecule has 0 radical (unpaired) electrons. The van der Waals surface area contributed by atoms with Crippen molar-refractivity contribution in [2.75, 3.05) is 0 Å². The maximum absolute atomic E-state index is 13.1. The summed E-state index contributed by atoms with van der Waals surface area (Å²) >= 11 is 1.29. The van der Waals surface area contributed by atoms with Crippen LogP contribution in [0.25, 0.3) is 11.0 Å². The largest absolute Gasteiger partial charge is 0.368 e. The number of fused-ring (bicyclic) bond motifs is 1. The normalized spacial score (nSPS) is 12.4. The number of benzene rings is 2. The van der Waals surface area contributed by atoms with Crippen LogP contribution in [0.1, 0.15) is 17.7 Å². The molecule has 1 amide bonds. The van der Waals surface area contributed by atoms with Crippen LogP contribution >= 0.6 is 11.8 Å². The molecule has 0 saturated heterocycles. The van der Waals surface area contributed by atoms with Crippen molar-refractivity contribution in [1.82, 2.24) is 9.55 Å². The molecule has 0 aliphatic rings. The third-order valence-corrected chi connectivity index (χ3v) is 4.85. The van der Waals surface area contributed by atoms with E-state index < -0.39 is 11.2 Å². The van der Waals surface area contributed by atoms with E-state index in [1.54, 1.807) is 12.1 Å². The minimum atomic E-state index is -0.613. The first-order valence-corrected chi connectivity index (χ1v) is 8.15. The van der Waals surface area contributed by atoms with Crippen LogP contribution < -0.4 is 5.73 Å². The lowest BCUT2D eigenvalue weighted by molar-refractivity contribution is -0.117. The number of aromatic nitrogens is 2. The van der Waals surface area contributed by atoms with Crippen LogP contribution in [0.4, 0.5) is 4.39 Å². The fraction of sp³-hybridized carbons (Fsp3) is 0.176. The maximum atomic E-state index is 13.1. The smallest absolute Gasteiger partial charge is 0.235 e. The molecule has 0 saturated carbocycles. The molecule has 0 fully saturated rings. The van der Waals surface area contributed by atoms with Gasteiger partial charge in [-0.2, -0.15) is 0 Å². The van der Waals surface area contributed by atoms with Crippen molar-refractivity contribution in [2.45, 2.75) is 23.9 Å². The Balaban J connectivity index is 2.00. The number of primary amides is 1. The van der Waals surface area contributed by atoms with E-state index in [1.807, 2.05) is 35.8 Å². The van der Waals surface area contributed by atoms with Crippen LogP contribution in [0.3, 0.4) is 0 Å². The molecule has 2 aromatic carbocycles. The second kappa shape index (κ2) is 6.42. The topological polar surface area (TPSA) is 60.9 Å².